The largest absolute Gasteiger partial charge is 0.348 e. The van der Waals surface area contributed by atoms with Gasteiger partial charge in [-0.3, -0.25) is 4.79 Å². The molecule has 4 heteroatoms. The SMILES string of the molecule is CC(C)C(NC(=O)/C=C/c1ccc(Cc2cnc[nH]2)cc1)c1ccccc1. The van der Waals surface area contributed by atoms with Crippen LogP contribution in [-0.2, 0) is 11.2 Å². The quantitative estimate of drug-likeness (QED) is 0.609. The molecule has 1 aromatic heterocycles. The summed E-state index contributed by atoms with van der Waals surface area (Å²) in [4.78, 5) is 19.5. The molecule has 3 rings (SSSR count). The summed E-state index contributed by atoms with van der Waals surface area (Å²) in [5, 5.41) is 3.11. The van der Waals surface area contributed by atoms with E-state index in [1.807, 2.05) is 54.7 Å². The molecule has 0 radical (unpaired) electrons. The molecule has 0 aliphatic heterocycles. The van der Waals surface area contributed by atoms with E-state index in [2.05, 4.69) is 41.3 Å². The number of nitrogens with one attached hydrogen (secondary N) is 2. The topological polar surface area (TPSA) is 57.8 Å². The standard InChI is InChI=1S/C23H25N3O/c1-17(2)23(20-6-4-3-5-7-20)26-22(27)13-12-18-8-10-19(11-9-18)14-21-15-24-16-25-21/h3-13,15-17,23H,14H2,1-2H3,(H,24,25)(H,26,27)/b13-12+. The Kier molecular flexibility index (Phi) is 6.21. The molecular weight excluding hydrogens is 334 g/mol. The third-order valence-corrected chi connectivity index (χ3v) is 4.48. The zero-order chi connectivity index (χ0) is 19.1. The molecule has 2 aromatic carbocycles. The minimum absolute atomic E-state index is 0.000122. The number of rotatable bonds is 7. The van der Waals surface area contributed by atoms with Crippen molar-refractivity contribution in [3.63, 3.8) is 0 Å². The molecule has 0 spiro atoms. The Bertz CT molecular complexity index is 866. The fourth-order valence-electron chi connectivity index (χ4n) is 3.02. The van der Waals surface area contributed by atoms with Gasteiger partial charge < -0.3 is 10.3 Å². The smallest absolute Gasteiger partial charge is 0.244 e. The number of benzene rings is 2. The van der Waals surface area contributed by atoms with E-state index in [4.69, 9.17) is 0 Å². The summed E-state index contributed by atoms with van der Waals surface area (Å²) < 4.78 is 0. The molecule has 0 saturated carbocycles. The second-order valence-corrected chi connectivity index (χ2v) is 6.97. The van der Waals surface area contributed by atoms with E-state index in [0.717, 1.165) is 23.2 Å². The van der Waals surface area contributed by atoms with Crippen LogP contribution in [0.1, 0.15) is 42.3 Å². The number of nitrogens with zero attached hydrogens (tertiary/aromatic N) is 1. The van der Waals surface area contributed by atoms with Gasteiger partial charge in [0.25, 0.3) is 0 Å². The molecule has 4 nitrogen and oxygen atoms in total. The summed E-state index contributed by atoms with van der Waals surface area (Å²) >= 11 is 0. The van der Waals surface area contributed by atoms with Gasteiger partial charge in [-0.2, -0.15) is 0 Å². The monoisotopic (exact) mass is 359 g/mol. The maximum atomic E-state index is 12.4. The van der Waals surface area contributed by atoms with Crippen LogP contribution >= 0.6 is 0 Å². The molecule has 1 atom stereocenters. The highest BCUT2D eigenvalue weighted by Gasteiger charge is 2.16. The molecule has 1 amide bonds. The molecule has 0 bridgehead atoms. The molecule has 2 N–H and O–H groups in total. The van der Waals surface area contributed by atoms with Gasteiger partial charge in [0.2, 0.25) is 5.91 Å². The normalized spacial score (nSPS) is 12.4. The minimum atomic E-state index is -0.0842. The van der Waals surface area contributed by atoms with E-state index in [0.29, 0.717) is 5.92 Å². The first kappa shape index (κ1) is 18.6. The van der Waals surface area contributed by atoms with Crippen LogP contribution in [0.15, 0.2) is 73.2 Å². The predicted molar refractivity (Wildman–Crippen MR) is 109 cm³/mol. The number of hydrogen-bond donors (Lipinski definition) is 2. The van der Waals surface area contributed by atoms with Crippen molar-refractivity contribution in [1.29, 1.82) is 0 Å². The number of aromatic amines is 1. The zero-order valence-corrected chi connectivity index (χ0v) is 15.7. The number of carbonyl (C=O) groups is 1. The van der Waals surface area contributed by atoms with Crippen LogP contribution in [-0.4, -0.2) is 15.9 Å². The minimum Gasteiger partial charge on any atom is -0.348 e. The van der Waals surface area contributed by atoms with Crippen molar-refractivity contribution >= 4 is 12.0 Å². The van der Waals surface area contributed by atoms with Crippen LogP contribution in [0, 0.1) is 5.92 Å². The molecule has 3 aromatic rings. The Labute approximate surface area is 160 Å². The first-order chi connectivity index (χ1) is 13.1. The Balaban J connectivity index is 1.60. The van der Waals surface area contributed by atoms with Gasteiger partial charge in [-0.15, -0.1) is 0 Å². The predicted octanol–water partition coefficient (Wildman–Crippen LogP) is 4.53. The van der Waals surface area contributed by atoms with Crippen LogP contribution in [0.2, 0.25) is 0 Å². The van der Waals surface area contributed by atoms with Gasteiger partial charge in [0.15, 0.2) is 0 Å². The van der Waals surface area contributed by atoms with Crippen molar-refractivity contribution in [2.75, 3.05) is 0 Å². The Morgan fingerprint density at radius 1 is 1.11 bits per heavy atom. The molecule has 1 heterocycles. The molecular formula is C23H25N3O. The molecule has 27 heavy (non-hydrogen) atoms. The van der Waals surface area contributed by atoms with Gasteiger partial charge in [-0.1, -0.05) is 68.4 Å². The molecule has 0 fully saturated rings. The van der Waals surface area contributed by atoms with Gasteiger partial charge in [0.05, 0.1) is 12.4 Å². The highest BCUT2D eigenvalue weighted by molar-refractivity contribution is 5.92. The van der Waals surface area contributed by atoms with Crippen LogP contribution in [0.4, 0.5) is 0 Å². The van der Waals surface area contributed by atoms with E-state index in [1.54, 1.807) is 12.4 Å². The first-order valence-corrected chi connectivity index (χ1v) is 9.21. The summed E-state index contributed by atoms with van der Waals surface area (Å²) in [6, 6.07) is 18.3. The van der Waals surface area contributed by atoms with Crippen molar-refractivity contribution in [3.8, 4) is 0 Å². The molecule has 1 unspecified atom stereocenters. The van der Waals surface area contributed by atoms with Crippen LogP contribution in [0.5, 0.6) is 0 Å². The van der Waals surface area contributed by atoms with Crippen molar-refractivity contribution in [2.24, 2.45) is 5.92 Å². The third-order valence-electron chi connectivity index (χ3n) is 4.48. The van der Waals surface area contributed by atoms with Crippen molar-refractivity contribution < 1.29 is 4.79 Å². The number of aromatic nitrogens is 2. The lowest BCUT2D eigenvalue weighted by Crippen LogP contribution is -2.30. The first-order valence-electron chi connectivity index (χ1n) is 9.21. The van der Waals surface area contributed by atoms with Gasteiger partial charge in [-0.05, 0) is 28.7 Å². The van der Waals surface area contributed by atoms with Crippen molar-refractivity contribution in [2.45, 2.75) is 26.3 Å². The fraction of sp³-hybridized carbons (Fsp3) is 0.217. The van der Waals surface area contributed by atoms with Gasteiger partial charge in [-0.25, -0.2) is 4.98 Å². The molecule has 0 aliphatic carbocycles. The Morgan fingerprint density at radius 3 is 2.48 bits per heavy atom. The third kappa shape index (κ3) is 5.42. The molecule has 0 saturated heterocycles. The molecule has 138 valence electrons. The van der Waals surface area contributed by atoms with E-state index < -0.39 is 0 Å². The fourth-order valence-corrected chi connectivity index (χ4v) is 3.02. The number of H-pyrrole nitrogens is 1. The average molecular weight is 359 g/mol. The number of hydrogen-bond acceptors (Lipinski definition) is 2. The van der Waals surface area contributed by atoms with Gasteiger partial charge in [0.1, 0.15) is 0 Å². The second-order valence-electron chi connectivity index (χ2n) is 6.97. The second kappa shape index (κ2) is 8.99. The lowest BCUT2D eigenvalue weighted by atomic mass is 9.96. The van der Waals surface area contributed by atoms with Crippen molar-refractivity contribution in [3.05, 3.63) is 95.6 Å². The van der Waals surface area contributed by atoms with E-state index in [-0.39, 0.29) is 11.9 Å². The van der Waals surface area contributed by atoms with E-state index in [1.165, 1.54) is 5.56 Å². The highest BCUT2D eigenvalue weighted by Crippen LogP contribution is 2.21. The van der Waals surface area contributed by atoms with E-state index >= 15 is 0 Å². The number of carbonyl (C=O) groups excluding carboxylic acids is 1. The Morgan fingerprint density at radius 2 is 1.85 bits per heavy atom. The van der Waals surface area contributed by atoms with Crippen LogP contribution in [0.3, 0.4) is 0 Å². The summed E-state index contributed by atoms with van der Waals surface area (Å²) in [6.45, 7) is 4.22. The lowest BCUT2D eigenvalue weighted by molar-refractivity contribution is -0.117. The zero-order valence-electron chi connectivity index (χ0n) is 15.7. The summed E-state index contributed by atoms with van der Waals surface area (Å²) in [5.74, 6) is 0.227. The number of amides is 1. The summed E-state index contributed by atoms with van der Waals surface area (Å²) in [5.41, 5.74) is 4.40. The van der Waals surface area contributed by atoms with Crippen LogP contribution in [0.25, 0.3) is 6.08 Å². The highest BCUT2D eigenvalue weighted by atomic mass is 16.1. The van der Waals surface area contributed by atoms with Crippen LogP contribution < -0.4 is 5.32 Å². The summed E-state index contributed by atoms with van der Waals surface area (Å²) in [7, 11) is 0. The van der Waals surface area contributed by atoms with Gasteiger partial charge in [0, 0.05) is 24.4 Å². The maximum absolute atomic E-state index is 12.4. The van der Waals surface area contributed by atoms with E-state index in [9.17, 15) is 4.79 Å². The molecule has 0 aliphatic rings. The summed E-state index contributed by atoms with van der Waals surface area (Å²) in [6.07, 6.45) is 7.78. The maximum Gasteiger partial charge on any atom is 0.244 e. The lowest BCUT2D eigenvalue weighted by Gasteiger charge is -2.22. The number of imidazole rings is 1. The Hall–Kier alpha value is -3.14. The average Bonchev–Trinajstić information content (AvgIpc) is 3.19. The van der Waals surface area contributed by atoms with Gasteiger partial charge >= 0.3 is 0 Å². The van der Waals surface area contributed by atoms with Crippen molar-refractivity contribution in [1.82, 2.24) is 15.3 Å².